The van der Waals surface area contributed by atoms with Gasteiger partial charge in [-0.1, -0.05) is 12.1 Å². The maximum Gasteiger partial charge on any atom is 0.304 e. The molecule has 0 radical (unpaired) electrons. The maximum atomic E-state index is 10.8. The Hall–Kier alpha value is -1.75. The van der Waals surface area contributed by atoms with E-state index in [0.29, 0.717) is 13.2 Å². The molecule has 1 aliphatic rings. The van der Waals surface area contributed by atoms with Gasteiger partial charge in [-0.15, -0.1) is 0 Å². The van der Waals surface area contributed by atoms with Crippen molar-refractivity contribution >= 4 is 5.97 Å². The van der Waals surface area contributed by atoms with Crippen LogP contribution in [0, 0.1) is 0 Å². The average Bonchev–Trinajstić information content (AvgIpc) is 2.88. The Balaban J connectivity index is 1.82. The van der Waals surface area contributed by atoms with E-state index < -0.39 is 5.97 Å². The predicted octanol–water partition coefficient (Wildman–Crippen LogP) is 2.40. The Morgan fingerprint density at radius 3 is 2.71 bits per heavy atom. The number of rotatable bonds is 8. The van der Waals surface area contributed by atoms with Crippen molar-refractivity contribution in [3.05, 3.63) is 24.3 Å². The number of hydrogen-bond donors (Lipinski definition) is 1. The summed E-state index contributed by atoms with van der Waals surface area (Å²) in [4.78, 5) is 13.0. The Morgan fingerprint density at radius 2 is 2.05 bits per heavy atom. The topological polar surface area (TPSA) is 59.0 Å². The first-order chi connectivity index (χ1) is 10.2. The van der Waals surface area contributed by atoms with Crippen molar-refractivity contribution in [1.82, 2.24) is 4.90 Å². The van der Waals surface area contributed by atoms with Gasteiger partial charge in [-0.3, -0.25) is 9.69 Å². The molecule has 0 spiro atoms. The third-order valence-corrected chi connectivity index (χ3v) is 3.69. The number of para-hydroxylation sites is 2. The van der Waals surface area contributed by atoms with E-state index in [4.69, 9.17) is 14.6 Å². The molecule has 1 heterocycles. The van der Waals surface area contributed by atoms with Gasteiger partial charge in [0, 0.05) is 12.6 Å². The van der Waals surface area contributed by atoms with Gasteiger partial charge in [-0.2, -0.15) is 0 Å². The smallest absolute Gasteiger partial charge is 0.304 e. The molecule has 0 saturated carbocycles. The summed E-state index contributed by atoms with van der Waals surface area (Å²) in [5.41, 5.74) is 0. The van der Waals surface area contributed by atoms with Crippen molar-refractivity contribution in [2.24, 2.45) is 0 Å². The van der Waals surface area contributed by atoms with Gasteiger partial charge in [-0.05, 0) is 38.4 Å². The number of ether oxygens (including phenoxy) is 2. The minimum atomic E-state index is -0.727. The highest BCUT2D eigenvalue weighted by atomic mass is 16.5. The molecule has 21 heavy (non-hydrogen) atoms. The van der Waals surface area contributed by atoms with Gasteiger partial charge in [0.1, 0.15) is 6.61 Å². The second-order valence-electron chi connectivity index (χ2n) is 5.16. The molecule has 0 aliphatic carbocycles. The monoisotopic (exact) mass is 293 g/mol. The molecular weight excluding hydrogens is 270 g/mol. The second-order valence-corrected chi connectivity index (χ2v) is 5.16. The van der Waals surface area contributed by atoms with Crippen molar-refractivity contribution in [2.75, 3.05) is 26.3 Å². The molecule has 1 aromatic rings. The number of benzene rings is 1. The lowest BCUT2D eigenvalue weighted by Crippen LogP contribution is -2.34. The number of aliphatic carboxylic acids is 1. The molecule has 0 aromatic heterocycles. The Labute approximate surface area is 125 Å². The van der Waals surface area contributed by atoms with E-state index in [9.17, 15) is 4.79 Å². The first-order valence-corrected chi connectivity index (χ1v) is 7.51. The Bertz CT molecular complexity index is 463. The van der Waals surface area contributed by atoms with Gasteiger partial charge >= 0.3 is 5.97 Å². The summed E-state index contributed by atoms with van der Waals surface area (Å²) in [6, 6.07) is 7.77. The van der Waals surface area contributed by atoms with Gasteiger partial charge in [-0.25, -0.2) is 0 Å². The normalized spacial score (nSPS) is 18.6. The summed E-state index contributed by atoms with van der Waals surface area (Å²) in [5.74, 6) is 0.770. The number of likely N-dealkylation sites (tertiary alicyclic amines) is 1. The molecule has 1 unspecified atom stereocenters. The van der Waals surface area contributed by atoms with E-state index in [1.165, 1.54) is 0 Å². The van der Waals surface area contributed by atoms with Crippen LogP contribution in [0.5, 0.6) is 11.5 Å². The van der Waals surface area contributed by atoms with Crippen LogP contribution in [0.3, 0.4) is 0 Å². The molecular formula is C16H23NO4. The van der Waals surface area contributed by atoms with Crippen LogP contribution in [0.4, 0.5) is 0 Å². The molecule has 5 heteroatoms. The van der Waals surface area contributed by atoms with E-state index in [2.05, 4.69) is 4.90 Å². The standard InChI is InChI=1S/C16H23NO4/c1-2-20-14-7-3-4-8-15(14)21-11-10-17-9-5-6-13(17)12-16(18)19/h3-4,7-8,13H,2,5-6,9-12H2,1H3,(H,18,19). The van der Waals surface area contributed by atoms with E-state index >= 15 is 0 Å². The van der Waals surface area contributed by atoms with Crippen LogP contribution in [-0.2, 0) is 4.79 Å². The van der Waals surface area contributed by atoms with Gasteiger partial charge < -0.3 is 14.6 Å². The zero-order valence-electron chi connectivity index (χ0n) is 12.5. The molecule has 1 aliphatic heterocycles. The molecule has 1 saturated heterocycles. The predicted molar refractivity (Wildman–Crippen MR) is 80.0 cm³/mol. The molecule has 0 amide bonds. The molecule has 1 N–H and O–H groups in total. The number of hydrogen-bond acceptors (Lipinski definition) is 4. The molecule has 0 bridgehead atoms. The van der Waals surface area contributed by atoms with Crippen LogP contribution in [-0.4, -0.2) is 48.3 Å². The maximum absolute atomic E-state index is 10.8. The van der Waals surface area contributed by atoms with Crippen LogP contribution in [0.2, 0.25) is 0 Å². The fourth-order valence-electron chi connectivity index (χ4n) is 2.74. The molecule has 1 fully saturated rings. The molecule has 1 atom stereocenters. The Kier molecular flexibility index (Phi) is 5.87. The lowest BCUT2D eigenvalue weighted by molar-refractivity contribution is -0.138. The Morgan fingerprint density at radius 1 is 1.33 bits per heavy atom. The minimum Gasteiger partial charge on any atom is -0.490 e. The van der Waals surface area contributed by atoms with Crippen LogP contribution in [0.25, 0.3) is 0 Å². The van der Waals surface area contributed by atoms with Crippen molar-refractivity contribution in [1.29, 1.82) is 0 Å². The summed E-state index contributed by atoms with van der Waals surface area (Å²) in [6.07, 6.45) is 2.24. The SMILES string of the molecule is CCOc1ccccc1OCCN1CCCC1CC(=O)O. The van der Waals surface area contributed by atoms with Gasteiger partial charge in [0.2, 0.25) is 0 Å². The highest BCUT2D eigenvalue weighted by molar-refractivity contribution is 5.67. The number of carboxylic acids is 1. The molecule has 5 nitrogen and oxygen atoms in total. The zero-order valence-corrected chi connectivity index (χ0v) is 12.5. The van der Waals surface area contributed by atoms with Crippen LogP contribution >= 0.6 is 0 Å². The largest absolute Gasteiger partial charge is 0.490 e. The lowest BCUT2D eigenvalue weighted by Gasteiger charge is -2.23. The summed E-state index contributed by atoms with van der Waals surface area (Å²) >= 11 is 0. The second kappa shape index (κ2) is 7.88. The quantitative estimate of drug-likeness (QED) is 0.797. The number of carbonyl (C=O) groups is 1. The number of carboxylic acid groups (broad SMARTS) is 1. The van der Waals surface area contributed by atoms with Crippen LogP contribution < -0.4 is 9.47 Å². The van der Waals surface area contributed by atoms with E-state index in [-0.39, 0.29) is 12.5 Å². The molecule has 1 aromatic carbocycles. The van der Waals surface area contributed by atoms with Crippen LogP contribution in [0.15, 0.2) is 24.3 Å². The third kappa shape index (κ3) is 4.63. The fraction of sp³-hybridized carbons (Fsp3) is 0.562. The third-order valence-electron chi connectivity index (χ3n) is 3.69. The number of nitrogens with zero attached hydrogens (tertiary/aromatic N) is 1. The van der Waals surface area contributed by atoms with E-state index in [0.717, 1.165) is 37.4 Å². The summed E-state index contributed by atoms with van der Waals surface area (Å²) in [6.45, 7) is 4.79. The lowest BCUT2D eigenvalue weighted by atomic mass is 10.1. The summed E-state index contributed by atoms with van der Waals surface area (Å²) in [5, 5.41) is 8.92. The minimum absolute atomic E-state index is 0.147. The zero-order chi connectivity index (χ0) is 15.1. The summed E-state index contributed by atoms with van der Waals surface area (Å²) < 4.78 is 11.3. The van der Waals surface area contributed by atoms with Gasteiger partial charge in [0.05, 0.1) is 13.0 Å². The average molecular weight is 293 g/mol. The van der Waals surface area contributed by atoms with E-state index in [1.54, 1.807) is 0 Å². The first kappa shape index (κ1) is 15.6. The molecule has 116 valence electrons. The highest BCUT2D eigenvalue weighted by Gasteiger charge is 2.26. The van der Waals surface area contributed by atoms with Gasteiger partial charge in [0.15, 0.2) is 11.5 Å². The van der Waals surface area contributed by atoms with Crippen LogP contribution in [0.1, 0.15) is 26.2 Å². The van der Waals surface area contributed by atoms with Crippen molar-refractivity contribution in [3.8, 4) is 11.5 Å². The molecule has 2 rings (SSSR count). The van der Waals surface area contributed by atoms with Crippen molar-refractivity contribution in [2.45, 2.75) is 32.2 Å². The van der Waals surface area contributed by atoms with Crippen molar-refractivity contribution in [3.63, 3.8) is 0 Å². The van der Waals surface area contributed by atoms with Gasteiger partial charge in [0.25, 0.3) is 0 Å². The van der Waals surface area contributed by atoms with E-state index in [1.807, 2.05) is 31.2 Å². The fourth-order valence-corrected chi connectivity index (χ4v) is 2.74. The summed E-state index contributed by atoms with van der Waals surface area (Å²) in [7, 11) is 0. The highest BCUT2D eigenvalue weighted by Crippen LogP contribution is 2.26. The first-order valence-electron chi connectivity index (χ1n) is 7.51. The van der Waals surface area contributed by atoms with Crippen molar-refractivity contribution < 1.29 is 19.4 Å².